The number of aromatic nitrogens is 2. The van der Waals surface area contributed by atoms with Crippen LogP contribution in [0.1, 0.15) is 23.9 Å². The molecule has 2 aromatic rings. The number of benzene rings is 1. The van der Waals surface area contributed by atoms with Gasteiger partial charge in [-0.15, -0.1) is 0 Å². The summed E-state index contributed by atoms with van der Waals surface area (Å²) in [5.74, 6) is 0.338. The molecule has 0 aliphatic rings. The average Bonchev–Trinajstić information content (AvgIpc) is 2.37. The molecule has 0 bridgehead atoms. The van der Waals surface area contributed by atoms with E-state index in [1.54, 1.807) is 6.07 Å². The fourth-order valence-corrected chi connectivity index (χ4v) is 2.56. The van der Waals surface area contributed by atoms with E-state index >= 15 is 0 Å². The first-order valence-electron chi connectivity index (χ1n) is 6.53. The third kappa shape index (κ3) is 3.22. The van der Waals surface area contributed by atoms with Crippen LogP contribution < -0.4 is 5.32 Å². The maximum atomic E-state index is 13.1. The molecule has 1 N–H and O–H groups in total. The van der Waals surface area contributed by atoms with E-state index in [1.807, 2.05) is 13.8 Å². The molecule has 1 heterocycles. The van der Waals surface area contributed by atoms with Crippen molar-refractivity contribution in [2.45, 2.75) is 27.3 Å². The van der Waals surface area contributed by atoms with Crippen LogP contribution in [-0.2, 0) is 6.54 Å². The molecule has 0 fully saturated rings. The molecule has 1 aromatic heterocycles. The number of nitrogens with one attached hydrogen (secondary N) is 1. The van der Waals surface area contributed by atoms with Crippen molar-refractivity contribution >= 4 is 15.9 Å². The molecule has 0 aliphatic carbocycles. The van der Waals surface area contributed by atoms with E-state index in [9.17, 15) is 4.39 Å². The second-order valence-corrected chi connectivity index (χ2v) is 5.46. The Labute approximate surface area is 126 Å². The van der Waals surface area contributed by atoms with E-state index in [4.69, 9.17) is 0 Å². The fraction of sp³-hybridized carbons (Fsp3) is 0.333. The van der Waals surface area contributed by atoms with Gasteiger partial charge in [-0.25, -0.2) is 14.4 Å². The first-order chi connectivity index (χ1) is 9.52. The van der Waals surface area contributed by atoms with Crippen LogP contribution in [-0.4, -0.2) is 16.5 Å². The molecule has 1 aromatic carbocycles. The number of halogens is 2. The fourth-order valence-electron chi connectivity index (χ4n) is 2.04. The highest BCUT2D eigenvalue weighted by molar-refractivity contribution is 9.10. The minimum absolute atomic E-state index is 0.280. The summed E-state index contributed by atoms with van der Waals surface area (Å²) in [6.45, 7) is 7.68. The van der Waals surface area contributed by atoms with E-state index in [0.717, 1.165) is 35.6 Å². The van der Waals surface area contributed by atoms with Crippen molar-refractivity contribution in [3.8, 4) is 11.4 Å². The summed E-state index contributed by atoms with van der Waals surface area (Å²) < 4.78 is 13.8. The maximum absolute atomic E-state index is 13.1. The van der Waals surface area contributed by atoms with Gasteiger partial charge in [0.05, 0.1) is 0 Å². The van der Waals surface area contributed by atoms with E-state index < -0.39 is 0 Å². The first-order valence-corrected chi connectivity index (χ1v) is 7.32. The van der Waals surface area contributed by atoms with Gasteiger partial charge in [-0.2, -0.15) is 0 Å². The van der Waals surface area contributed by atoms with Crippen LogP contribution in [0.4, 0.5) is 4.39 Å². The Morgan fingerprint density at radius 2 is 1.85 bits per heavy atom. The summed E-state index contributed by atoms with van der Waals surface area (Å²) in [7, 11) is 0. The van der Waals surface area contributed by atoms with Crippen LogP contribution in [0.15, 0.2) is 22.7 Å². The van der Waals surface area contributed by atoms with Gasteiger partial charge in [-0.05, 0) is 54.5 Å². The highest BCUT2D eigenvalue weighted by Crippen LogP contribution is 2.27. The lowest BCUT2D eigenvalue weighted by Crippen LogP contribution is -2.15. The molecule has 106 valence electrons. The molecule has 20 heavy (non-hydrogen) atoms. The summed E-state index contributed by atoms with van der Waals surface area (Å²) in [4.78, 5) is 9.09. The zero-order chi connectivity index (χ0) is 14.7. The predicted octanol–water partition coefficient (Wildman–Crippen LogP) is 3.77. The number of aryl methyl sites for hydroxylation is 2. The number of rotatable bonds is 4. The zero-order valence-electron chi connectivity index (χ0n) is 11.8. The Kier molecular flexibility index (Phi) is 4.83. The molecule has 3 nitrogen and oxygen atoms in total. The predicted molar refractivity (Wildman–Crippen MR) is 82.0 cm³/mol. The molecule has 0 atom stereocenters. The minimum atomic E-state index is -0.280. The lowest BCUT2D eigenvalue weighted by Gasteiger charge is -2.12. The minimum Gasteiger partial charge on any atom is -0.313 e. The molecule has 0 aliphatic heterocycles. The SMILES string of the molecule is CCNCc1c(C)nc(-c2ccc(F)cc2Br)nc1C. The van der Waals surface area contributed by atoms with Gasteiger partial charge in [0.2, 0.25) is 0 Å². The topological polar surface area (TPSA) is 37.8 Å². The second-order valence-electron chi connectivity index (χ2n) is 4.60. The largest absolute Gasteiger partial charge is 0.313 e. The van der Waals surface area contributed by atoms with Crippen LogP contribution in [0.25, 0.3) is 11.4 Å². The van der Waals surface area contributed by atoms with Crippen molar-refractivity contribution in [2.75, 3.05) is 6.54 Å². The van der Waals surface area contributed by atoms with Crippen molar-refractivity contribution in [1.29, 1.82) is 0 Å². The number of hydrogen-bond acceptors (Lipinski definition) is 3. The lowest BCUT2D eigenvalue weighted by atomic mass is 10.1. The normalized spacial score (nSPS) is 10.8. The Morgan fingerprint density at radius 3 is 2.40 bits per heavy atom. The van der Waals surface area contributed by atoms with Gasteiger partial charge in [-0.3, -0.25) is 0 Å². The first kappa shape index (κ1) is 15.1. The van der Waals surface area contributed by atoms with E-state index in [-0.39, 0.29) is 5.82 Å². The third-order valence-corrected chi connectivity index (χ3v) is 3.80. The van der Waals surface area contributed by atoms with Crippen molar-refractivity contribution in [3.05, 3.63) is 45.4 Å². The monoisotopic (exact) mass is 337 g/mol. The van der Waals surface area contributed by atoms with Crippen molar-refractivity contribution in [1.82, 2.24) is 15.3 Å². The molecule has 0 radical (unpaired) electrons. The quantitative estimate of drug-likeness (QED) is 0.922. The van der Waals surface area contributed by atoms with Gasteiger partial charge in [0, 0.05) is 33.5 Å². The van der Waals surface area contributed by atoms with E-state index in [2.05, 4.69) is 38.1 Å². The van der Waals surface area contributed by atoms with E-state index in [0.29, 0.717) is 10.3 Å². The molecule has 2 rings (SSSR count). The molecule has 0 amide bonds. The number of hydrogen-bond donors (Lipinski definition) is 1. The molecule has 5 heteroatoms. The Bertz CT molecular complexity index is 606. The van der Waals surface area contributed by atoms with Gasteiger partial charge < -0.3 is 5.32 Å². The molecule has 0 saturated carbocycles. The molecule has 0 saturated heterocycles. The number of nitrogens with zero attached hydrogens (tertiary/aromatic N) is 2. The Balaban J connectivity index is 2.44. The highest BCUT2D eigenvalue weighted by atomic mass is 79.9. The second kappa shape index (κ2) is 6.41. The van der Waals surface area contributed by atoms with Crippen LogP contribution >= 0.6 is 15.9 Å². The molecular formula is C15H17BrFN3. The van der Waals surface area contributed by atoms with Crippen molar-refractivity contribution in [3.63, 3.8) is 0 Å². The summed E-state index contributed by atoms with van der Waals surface area (Å²) in [6.07, 6.45) is 0. The van der Waals surface area contributed by atoms with Gasteiger partial charge in [0.1, 0.15) is 5.82 Å². The van der Waals surface area contributed by atoms with Crippen LogP contribution in [0.5, 0.6) is 0 Å². The third-order valence-electron chi connectivity index (χ3n) is 3.14. The smallest absolute Gasteiger partial charge is 0.160 e. The van der Waals surface area contributed by atoms with E-state index in [1.165, 1.54) is 12.1 Å². The Morgan fingerprint density at radius 1 is 1.20 bits per heavy atom. The Hall–Kier alpha value is -1.33. The van der Waals surface area contributed by atoms with Crippen molar-refractivity contribution in [2.24, 2.45) is 0 Å². The average molecular weight is 338 g/mol. The summed E-state index contributed by atoms with van der Waals surface area (Å²) in [5.41, 5.74) is 3.82. The van der Waals surface area contributed by atoms with Gasteiger partial charge >= 0.3 is 0 Å². The molecule has 0 unspecified atom stereocenters. The lowest BCUT2D eigenvalue weighted by molar-refractivity contribution is 0.627. The van der Waals surface area contributed by atoms with Gasteiger partial charge in [0.25, 0.3) is 0 Å². The summed E-state index contributed by atoms with van der Waals surface area (Å²) in [6, 6.07) is 4.54. The van der Waals surface area contributed by atoms with Crippen LogP contribution in [0.2, 0.25) is 0 Å². The van der Waals surface area contributed by atoms with Crippen LogP contribution in [0.3, 0.4) is 0 Å². The zero-order valence-corrected chi connectivity index (χ0v) is 13.4. The maximum Gasteiger partial charge on any atom is 0.160 e. The van der Waals surface area contributed by atoms with Crippen LogP contribution in [0, 0.1) is 19.7 Å². The molecular weight excluding hydrogens is 321 g/mol. The summed E-state index contributed by atoms with van der Waals surface area (Å²) >= 11 is 3.36. The summed E-state index contributed by atoms with van der Waals surface area (Å²) in [5, 5.41) is 3.29. The van der Waals surface area contributed by atoms with Crippen molar-refractivity contribution < 1.29 is 4.39 Å². The molecule has 0 spiro atoms. The standard InChI is InChI=1S/C15H17BrFN3/c1-4-18-8-13-9(2)19-15(20-10(13)3)12-6-5-11(17)7-14(12)16/h5-7,18H,4,8H2,1-3H3. The van der Waals surface area contributed by atoms with Gasteiger partial charge in [0.15, 0.2) is 5.82 Å². The highest BCUT2D eigenvalue weighted by Gasteiger charge is 2.12. The van der Waals surface area contributed by atoms with Gasteiger partial charge in [-0.1, -0.05) is 6.92 Å².